The molecule has 1 rings (SSSR count). The summed E-state index contributed by atoms with van der Waals surface area (Å²) in [6.07, 6.45) is 4.11. The van der Waals surface area contributed by atoms with E-state index in [1.54, 1.807) is 7.05 Å². The molecule has 0 radical (unpaired) electrons. The van der Waals surface area contributed by atoms with Crippen LogP contribution in [0.5, 0.6) is 0 Å². The first-order valence-electron chi connectivity index (χ1n) is 7.42. The third kappa shape index (κ3) is 9.99. The van der Waals surface area contributed by atoms with Crippen LogP contribution in [-0.2, 0) is 9.53 Å². The molecule has 0 atom stereocenters. The van der Waals surface area contributed by atoms with Crippen molar-refractivity contribution in [3.8, 4) is 0 Å². The summed E-state index contributed by atoms with van der Waals surface area (Å²) >= 11 is 0. The molecule has 3 N–H and O–H groups in total. The van der Waals surface area contributed by atoms with Crippen molar-refractivity contribution in [2.24, 2.45) is 4.99 Å². The zero-order valence-electron chi connectivity index (χ0n) is 14.0. The Balaban J connectivity index is 0.00000441. The number of rotatable bonds is 5. The molecule has 0 aromatic carbocycles. The lowest BCUT2D eigenvalue weighted by Crippen LogP contribution is -2.48. The standard InChI is InChI=1S/C15H28N4O2.HI/c1-15(2,3)19-13(20)11-18-14(16-4)17-8-5-12-6-9-21-10-7-12;/h6H,5,7-11H2,1-4H3,(H,19,20)(H2,16,17,18);1H. The van der Waals surface area contributed by atoms with Gasteiger partial charge in [0, 0.05) is 19.1 Å². The second-order valence-electron chi connectivity index (χ2n) is 6.09. The lowest BCUT2D eigenvalue weighted by Gasteiger charge is -2.21. The molecule has 0 aliphatic carbocycles. The van der Waals surface area contributed by atoms with Gasteiger partial charge in [0.05, 0.1) is 19.8 Å². The predicted octanol–water partition coefficient (Wildman–Crippen LogP) is 1.42. The van der Waals surface area contributed by atoms with Crippen molar-refractivity contribution >= 4 is 35.8 Å². The molecule has 0 aromatic heterocycles. The summed E-state index contributed by atoms with van der Waals surface area (Å²) in [7, 11) is 1.70. The van der Waals surface area contributed by atoms with Crippen LogP contribution in [0.25, 0.3) is 0 Å². The Morgan fingerprint density at radius 2 is 2.09 bits per heavy atom. The highest BCUT2D eigenvalue weighted by Gasteiger charge is 2.13. The van der Waals surface area contributed by atoms with Gasteiger partial charge in [0.1, 0.15) is 0 Å². The Morgan fingerprint density at radius 1 is 1.36 bits per heavy atom. The maximum absolute atomic E-state index is 11.7. The van der Waals surface area contributed by atoms with Crippen molar-refractivity contribution < 1.29 is 9.53 Å². The number of nitrogens with one attached hydrogen (secondary N) is 3. The summed E-state index contributed by atoms with van der Waals surface area (Å²) in [5.74, 6) is 0.601. The fraction of sp³-hybridized carbons (Fsp3) is 0.733. The van der Waals surface area contributed by atoms with Crippen LogP contribution < -0.4 is 16.0 Å². The number of amides is 1. The minimum absolute atomic E-state index is 0. The average Bonchev–Trinajstić information content (AvgIpc) is 2.42. The van der Waals surface area contributed by atoms with Gasteiger partial charge in [-0.25, -0.2) is 0 Å². The summed E-state index contributed by atoms with van der Waals surface area (Å²) in [6.45, 7) is 8.42. The quantitative estimate of drug-likeness (QED) is 0.270. The van der Waals surface area contributed by atoms with Crippen molar-refractivity contribution in [1.82, 2.24) is 16.0 Å². The molecule has 6 nitrogen and oxygen atoms in total. The monoisotopic (exact) mass is 424 g/mol. The molecule has 1 aliphatic heterocycles. The van der Waals surface area contributed by atoms with Crippen LogP contribution in [0.4, 0.5) is 0 Å². The second kappa shape index (κ2) is 10.8. The van der Waals surface area contributed by atoms with Crippen LogP contribution in [0.1, 0.15) is 33.6 Å². The molecule has 0 saturated carbocycles. The molecule has 0 unspecified atom stereocenters. The van der Waals surface area contributed by atoms with E-state index in [0.29, 0.717) is 5.96 Å². The molecule has 0 bridgehead atoms. The van der Waals surface area contributed by atoms with E-state index in [1.165, 1.54) is 5.57 Å². The third-order valence-corrected chi connectivity index (χ3v) is 2.95. The van der Waals surface area contributed by atoms with Crippen molar-refractivity contribution in [2.75, 3.05) is 33.4 Å². The highest BCUT2D eigenvalue weighted by molar-refractivity contribution is 14.0. The van der Waals surface area contributed by atoms with E-state index < -0.39 is 0 Å². The Labute approximate surface area is 150 Å². The first-order chi connectivity index (χ1) is 9.90. The molecular weight excluding hydrogens is 395 g/mol. The van der Waals surface area contributed by atoms with Crippen LogP contribution in [-0.4, -0.2) is 50.8 Å². The number of halogens is 1. The molecule has 1 aliphatic rings. The summed E-state index contributed by atoms with van der Waals surface area (Å²) in [5.41, 5.74) is 1.19. The van der Waals surface area contributed by atoms with Crippen LogP contribution in [0.2, 0.25) is 0 Å². The van der Waals surface area contributed by atoms with Crippen molar-refractivity contribution in [1.29, 1.82) is 0 Å². The Morgan fingerprint density at radius 3 is 2.64 bits per heavy atom. The van der Waals surface area contributed by atoms with Gasteiger partial charge in [0.25, 0.3) is 0 Å². The minimum Gasteiger partial charge on any atom is -0.377 e. The van der Waals surface area contributed by atoms with E-state index >= 15 is 0 Å². The normalized spacial score (nSPS) is 15.5. The van der Waals surface area contributed by atoms with E-state index in [0.717, 1.165) is 32.6 Å². The molecule has 0 saturated heterocycles. The highest BCUT2D eigenvalue weighted by Crippen LogP contribution is 2.10. The first kappa shape index (κ1) is 21.2. The predicted molar refractivity (Wildman–Crippen MR) is 101 cm³/mol. The highest BCUT2D eigenvalue weighted by atomic mass is 127. The molecule has 128 valence electrons. The SMILES string of the molecule is CN=C(NCCC1=CCOCC1)NCC(=O)NC(C)(C)C.I. The number of guanidine groups is 1. The van der Waals surface area contributed by atoms with Gasteiger partial charge >= 0.3 is 0 Å². The van der Waals surface area contributed by atoms with Crippen molar-refractivity contribution in [3.63, 3.8) is 0 Å². The van der Waals surface area contributed by atoms with Gasteiger partial charge in [0.2, 0.25) is 5.91 Å². The fourth-order valence-electron chi connectivity index (χ4n) is 1.98. The smallest absolute Gasteiger partial charge is 0.239 e. The molecule has 0 spiro atoms. The summed E-state index contributed by atoms with van der Waals surface area (Å²) in [5, 5.41) is 9.12. The van der Waals surface area contributed by atoms with Crippen LogP contribution in [0, 0.1) is 0 Å². The summed E-state index contributed by atoms with van der Waals surface area (Å²) in [4.78, 5) is 15.8. The molecule has 0 fully saturated rings. The zero-order valence-corrected chi connectivity index (χ0v) is 16.3. The number of hydrogen-bond acceptors (Lipinski definition) is 3. The largest absolute Gasteiger partial charge is 0.377 e. The van der Waals surface area contributed by atoms with Crippen LogP contribution in [0.3, 0.4) is 0 Å². The maximum atomic E-state index is 11.7. The van der Waals surface area contributed by atoms with Crippen LogP contribution in [0.15, 0.2) is 16.6 Å². The first-order valence-corrected chi connectivity index (χ1v) is 7.42. The van der Waals surface area contributed by atoms with E-state index in [1.807, 2.05) is 20.8 Å². The molecule has 7 heteroatoms. The van der Waals surface area contributed by atoms with E-state index in [2.05, 4.69) is 27.0 Å². The Hall–Kier alpha value is -0.830. The summed E-state index contributed by atoms with van der Waals surface area (Å²) in [6, 6.07) is 0. The number of ether oxygens (including phenoxy) is 1. The number of carbonyl (C=O) groups is 1. The van der Waals surface area contributed by atoms with Gasteiger partial charge in [0.15, 0.2) is 5.96 Å². The lowest BCUT2D eigenvalue weighted by molar-refractivity contribution is -0.121. The van der Waals surface area contributed by atoms with Gasteiger partial charge in [-0.2, -0.15) is 0 Å². The molecular formula is C15H29IN4O2. The molecule has 22 heavy (non-hydrogen) atoms. The lowest BCUT2D eigenvalue weighted by atomic mass is 10.1. The third-order valence-electron chi connectivity index (χ3n) is 2.95. The topological polar surface area (TPSA) is 74.8 Å². The molecule has 1 amide bonds. The Kier molecular flexibility index (Phi) is 10.4. The molecule has 0 aromatic rings. The summed E-state index contributed by atoms with van der Waals surface area (Å²) < 4.78 is 5.28. The average molecular weight is 424 g/mol. The maximum Gasteiger partial charge on any atom is 0.239 e. The number of nitrogens with zero attached hydrogens (tertiary/aromatic N) is 1. The van der Waals surface area contributed by atoms with Crippen molar-refractivity contribution in [3.05, 3.63) is 11.6 Å². The van der Waals surface area contributed by atoms with Gasteiger partial charge in [-0.05, 0) is 33.6 Å². The van der Waals surface area contributed by atoms with Gasteiger partial charge < -0.3 is 20.7 Å². The second-order valence-corrected chi connectivity index (χ2v) is 6.09. The number of carbonyl (C=O) groups excluding carboxylic acids is 1. The fourth-order valence-corrected chi connectivity index (χ4v) is 1.98. The molecule has 1 heterocycles. The minimum atomic E-state index is -0.217. The van der Waals surface area contributed by atoms with Crippen molar-refractivity contribution in [2.45, 2.75) is 39.2 Å². The van der Waals surface area contributed by atoms with Gasteiger partial charge in [-0.15, -0.1) is 24.0 Å². The van der Waals surface area contributed by atoms with Crippen LogP contribution >= 0.6 is 24.0 Å². The van der Waals surface area contributed by atoms with Gasteiger partial charge in [-0.1, -0.05) is 11.6 Å². The van der Waals surface area contributed by atoms with E-state index in [4.69, 9.17) is 4.74 Å². The number of hydrogen-bond donors (Lipinski definition) is 3. The Bertz CT molecular complexity index is 403. The van der Waals surface area contributed by atoms with E-state index in [9.17, 15) is 4.79 Å². The van der Waals surface area contributed by atoms with Gasteiger partial charge in [-0.3, -0.25) is 9.79 Å². The zero-order chi connectivity index (χ0) is 15.7. The number of aliphatic imine (C=N–C) groups is 1. The van der Waals surface area contributed by atoms with E-state index in [-0.39, 0.29) is 42.0 Å².